The first-order valence-electron chi connectivity index (χ1n) is 6.51. The van der Waals surface area contributed by atoms with Crippen LogP contribution in [-0.2, 0) is 6.54 Å². The number of nitrogens with zero attached hydrogens (tertiary/aromatic N) is 1. The summed E-state index contributed by atoms with van der Waals surface area (Å²) < 4.78 is 10.6. The van der Waals surface area contributed by atoms with Crippen LogP contribution in [0.2, 0.25) is 0 Å². The second-order valence-corrected chi connectivity index (χ2v) is 5.76. The predicted molar refractivity (Wildman–Crippen MR) is 86.0 cm³/mol. The molecule has 1 rings (SSSR count). The summed E-state index contributed by atoms with van der Waals surface area (Å²) in [6.45, 7) is 6.82. The fraction of sp³-hybridized carbons (Fsp3) is 0.600. The Morgan fingerprint density at radius 2 is 1.60 bits per heavy atom. The first-order chi connectivity index (χ1) is 8.90. The van der Waals surface area contributed by atoms with Crippen LogP contribution in [0.1, 0.15) is 19.4 Å². The minimum absolute atomic E-state index is 0. The zero-order valence-electron chi connectivity index (χ0n) is 13.1. The van der Waals surface area contributed by atoms with Crippen LogP contribution in [-0.4, -0.2) is 39.3 Å². The van der Waals surface area contributed by atoms with E-state index in [0.717, 1.165) is 24.6 Å². The second kappa shape index (κ2) is 8.35. The molecule has 0 radical (unpaired) electrons. The van der Waals surface area contributed by atoms with Crippen LogP contribution in [0, 0.1) is 5.41 Å². The van der Waals surface area contributed by atoms with Crippen molar-refractivity contribution in [3.05, 3.63) is 23.8 Å². The van der Waals surface area contributed by atoms with E-state index in [9.17, 15) is 0 Å². The van der Waals surface area contributed by atoms with E-state index in [1.165, 1.54) is 5.56 Å². The molecule has 4 nitrogen and oxygen atoms in total. The van der Waals surface area contributed by atoms with Gasteiger partial charge in [0.1, 0.15) is 11.5 Å². The van der Waals surface area contributed by atoms with Crippen molar-refractivity contribution in [2.75, 3.05) is 34.4 Å². The third-order valence-electron chi connectivity index (χ3n) is 3.11. The molecule has 0 heterocycles. The predicted octanol–water partition coefficient (Wildman–Crippen LogP) is 2.54. The van der Waals surface area contributed by atoms with Crippen molar-refractivity contribution in [1.29, 1.82) is 0 Å². The second-order valence-electron chi connectivity index (χ2n) is 5.76. The van der Waals surface area contributed by atoms with Gasteiger partial charge in [0.2, 0.25) is 0 Å². The summed E-state index contributed by atoms with van der Waals surface area (Å²) in [5.74, 6) is 1.64. The summed E-state index contributed by atoms with van der Waals surface area (Å²) in [6, 6.07) is 5.95. The van der Waals surface area contributed by atoms with Gasteiger partial charge in [0.05, 0.1) is 14.2 Å². The number of hydrogen-bond acceptors (Lipinski definition) is 4. The minimum Gasteiger partial charge on any atom is -0.497 e. The normalized spacial score (nSPS) is 11.2. The van der Waals surface area contributed by atoms with Crippen molar-refractivity contribution in [1.82, 2.24) is 4.90 Å². The van der Waals surface area contributed by atoms with E-state index < -0.39 is 0 Å². The number of nitrogens with two attached hydrogens (primary N) is 1. The van der Waals surface area contributed by atoms with E-state index in [4.69, 9.17) is 15.2 Å². The zero-order chi connectivity index (χ0) is 14.5. The molecule has 0 saturated carbocycles. The van der Waals surface area contributed by atoms with Crippen LogP contribution in [0.25, 0.3) is 0 Å². The first-order valence-corrected chi connectivity index (χ1v) is 6.51. The molecular weight excluding hydrogens is 276 g/mol. The average molecular weight is 303 g/mol. The maximum Gasteiger partial charge on any atom is 0.122 e. The first kappa shape index (κ1) is 19.0. The van der Waals surface area contributed by atoms with Gasteiger partial charge in [0, 0.05) is 19.2 Å². The van der Waals surface area contributed by atoms with Crippen molar-refractivity contribution in [2.24, 2.45) is 11.1 Å². The number of rotatable bonds is 7. The topological polar surface area (TPSA) is 47.7 Å². The van der Waals surface area contributed by atoms with Gasteiger partial charge in [-0.3, -0.25) is 0 Å². The highest BCUT2D eigenvalue weighted by Crippen LogP contribution is 2.24. The third-order valence-corrected chi connectivity index (χ3v) is 3.11. The minimum atomic E-state index is 0. The van der Waals surface area contributed by atoms with Gasteiger partial charge in [-0.25, -0.2) is 0 Å². The van der Waals surface area contributed by atoms with Crippen molar-refractivity contribution in [2.45, 2.75) is 20.4 Å². The molecule has 0 saturated heterocycles. The molecule has 0 aliphatic carbocycles. The molecule has 0 fully saturated rings. The Bertz CT molecular complexity index is 389. The zero-order valence-corrected chi connectivity index (χ0v) is 13.9. The Morgan fingerprint density at radius 1 is 1.10 bits per heavy atom. The van der Waals surface area contributed by atoms with Gasteiger partial charge in [0.25, 0.3) is 0 Å². The molecule has 5 heteroatoms. The van der Waals surface area contributed by atoms with Crippen LogP contribution in [0.5, 0.6) is 11.5 Å². The maximum absolute atomic E-state index is 5.77. The van der Waals surface area contributed by atoms with Crippen LogP contribution >= 0.6 is 12.4 Å². The highest BCUT2D eigenvalue weighted by Gasteiger charge is 2.18. The van der Waals surface area contributed by atoms with Gasteiger partial charge in [-0.2, -0.15) is 0 Å². The van der Waals surface area contributed by atoms with Gasteiger partial charge in [0.15, 0.2) is 0 Å². The number of methoxy groups -OCH3 is 2. The van der Waals surface area contributed by atoms with E-state index in [2.05, 4.69) is 25.8 Å². The molecule has 0 aliphatic rings. The Labute approximate surface area is 128 Å². The van der Waals surface area contributed by atoms with E-state index in [0.29, 0.717) is 6.54 Å². The third kappa shape index (κ3) is 5.99. The maximum atomic E-state index is 5.77. The Morgan fingerprint density at radius 3 is 2.00 bits per heavy atom. The molecule has 0 aliphatic heterocycles. The van der Waals surface area contributed by atoms with Crippen LogP contribution in [0.4, 0.5) is 0 Å². The lowest BCUT2D eigenvalue weighted by atomic mass is 9.93. The number of ether oxygens (including phenoxy) is 2. The largest absolute Gasteiger partial charge is 0.497 e. The summed E-state index contributed by atoms with van der Waals surface area (Å²) in [7, 11) is 5.43. The van der Waals surface area contributed by atoms with Crippen molar-refractivity contribution < 1.29 is 9.47 Å². The fourth-order valence-electron chi connectivity index (χ4n) is 2.12. The summed E-state index contributed by atoms with van der Waals surface area (Å²) in [5.41, 5.74) is 7.07. The molecule has 0 atom stereocenters. The molecule has 116 valence electrons. The standard InChI is InChI=1S/C15H26N2O2.ClH/c1-15(2,10-16)11-17(3)9-12-6-13(18-4)8-14(7-12)19-5;/h6-8H,9-11,16H2,1-5H3;1H. The smallest absolute Gasteiger partial charge is 0.122 e. The van der Waals surface area contributed by atoms with E-state index in [1.54, 1.807) is 14.2 Å². The lowest BCUT2D eigenvalue weighted by Crippen LogP contribution is -2.36. The molecule has 20 heavy (non-hydrogen) atoms. The Hall–Kier alpha value is -0.970. The van der Waals surface area contributed by atoms with E-state index >= 15 is 0 Å². The highest BCUT2D eigenvalue weighted by molar-refractivity contribution is 5.85. The fourth-order valence-corrected chi connectivity index (χ4v) is 2.12. The Kier molecular flexibility index (Phi) is 7.94. The van der Waals surface area contributed by atoms with Crippen molar-refractivity contribution >= 4 is 12.4 Å². The van der Waals surface area contributed by atoms with Crippen molar-refractivity contribution in [3.8, 4) is 11.5 Å². The lowest BCUT2D eigenvalue weighted by molar-refractivity contribution is 0.209. The molecule has 2 N–H and O–H groups in total. The van der Waals surface area contributed by atoms with Gasteiger partial charge in [-0.1, -0.05) is 13.8 Å². The SMILES string of the molecule is COc1cc(CN(C)CC(C)(C)CN)cc(OC)c1.Cl. The lowest BCUT2D eigenvalue weighted by Gasteiger charge is -2.29. The molecule has 0 spiro atoms. The molecule has 0 bridgehead atoms. The number of hydrogen-bond donors (Lipinski definition) is 1. The van der Waals surface area contributed by atoms with Crippen LogP contribution < -0.4 is 15.2 Å². The van der Waals surface area contributed by atoms with Crippen LogP contribution in [0.3, 0.4) is 0 Å². The molecule has 1 aromatic rings. The van der Waals surface area contributed by atoms with Gasteiger partial charge in [-0.05, 0) is 36.7 Å². The van der Waals surface area contributed by atoms with Gasteiger partial charge in [-0.15, -0.1) is 12.4 Å². The van der Waals surface area contributed by atoms with E-state index in [1.807, 2.05) is 18.2 Å². The monoisotopic (exact) mass is 302 g/mol. The summed E-state index contributed by atoms with van der Waals surface area (Å²) in [4.78, 5) is 2.26. The summed E-state index contributed by atoms with van der Waals surface area (Å²) in [6.07, 6.45) is 0. The molecular formula is C15H27ClN2O2. The van der Waals surface area contributed by atoms with Gasteiger partial charge < -0.3 is 20.1 Å². The highest BCUT2D eigenvalue weighted by atomic mass is 35.5. The summed E-state index contributed by atoms with van der Waals surface area (Å²) in [5, 5.41) is 0. The van der Waals surface area contributed by atoms with Gasteiger partial charge >= 0.3 is 0 Å². The molecule has 0 amide bonds. The number of halogens is 1. The average Bonchev–Trinajstić information content (AvgIpc) is 2.37. The Balaban J connectivity index is 0.00000361. The molecule has 0 aromatic heterocycles. The van der Waals surface area contributed by atoms with Crippen LogP contribution in [0.15, 0.2) is 18.2 Å². The van der Waals surface area contributed by atoms with E-state index in [-0.39, 0.29) is 17.8 Å². The summed E-state index contributed by atoms with van der Waals surface area (Å²) >= 11 is 0. The molecule has 1 aromatic carbocycles. The van der Waals surface area contributed by atoms with Crippen molar-refractivity contribution in [3.63, 3.8) is 0 Å². The molecule has 0 unspecified atom stereocenters. The quantitative estimate of drug-likeness (QED) is 0.841. The number of benzene rings is 1.